The van der Waals surface area contributed by atoms with Crippen LogP contribution in [0.2, 0.25) is 0 Å². The number of aryl methyl sites for hydroxylation is 1. The molecule has 0 aliphatic heterocycles. The number of benzene rings is 1. The Morgan fingerprint density at radius 3 is 2.68 bits per heavy atom. The van der Waals surface area contributed by atoms with E-state index in [0.717, 1.165) is 15.4 Å². The molecule has 2 aromatic rings. The number of ether oxygens (including phenoxy) is 1. The van der Waals surface area contributed by atoms with Gasteiger partial charge >= 0.3 is 6.18 Å². The largest absolute Gasteiger partial charge is 0.484 e. The van der Waals surface area contributed by atoms with E-state index in [1.54, 1.807) is 36.6 Å². The van der Waals surface area contributed by atoms with Gasteiger partial charge in [0.2, 0.25) is 0 Å². The molecule has 9 heteroatoms. The lowest BCUT2D eigenvalue weighted by atomic mass is 10.2. The van der Waals surface area contributed by atoms with E-state index in [9.17, 15) is 13.2 Å². The third kappa shape index (κ3) is 7.00. The molecule has 0 aliphatic rings. The molecule has 136 valence electrons. The summed E-state index contributed by atoms with van der Waals surface area (Å²) in [6, 6.07) is 6.51. The number of aromatic nitrogens is 1. The van der Waals surface area contributed by atoms with Crippen LogP contribution in [0.1, 0.15) is 15.4 Å². The zero-order valence-corrected chi connectivity index (χ0v) is 14.7. The van der Waals surface area contributed by atoms with Crippen molar-refractivity contribution in [1.29, 1.82) is 0 Å². The van der Waals surface area contributed by atoms with Gasteiger partial charge in [-0.3, -0.25) is 4.99 Å². The van der Waals surface area contributed by atoms with Crippen molar-refractivity contribution >= 4 is 17.3 Å². The van der Waals surface area contributed by atoms with Gasteiger partial charge in [0, 0.05) is 24.7 Å². The monoisotopic (exact) mass is 372 g/mol. The molecule has 1 aromatic heterocycles. The second-order valence-electron chi connectivity index (χ2n) is 5.20. The van der Waals surface area contributed by atoms with E-state index in [0.29, 0.717) is 19.0 Å². The zero-order chi connectivity index (χ0) is 18.3. The van der Waals surface area contributed by atoms with E-state index in [4.69, 9.17) is 4.74 Å². The van der Waals surface area contributed by atoms with Crippen molar-refractivity contribution in [3.63, 3.8) is 0 Å². The van der Waals surface area contributed by atoms with Crippen LogP contribution in [-0.4, -0.2) is 30.8 Å². The molecule has 0 aliphatic carbocycles. The van der Waals surface area contributed by atoms with Gasteiger partial charge < -0.3 is 15.4 Å². The molecule has 25 heavy (non-hydrogen) atoms. The van der Waals surface area contributed by atoms with E-state index < -0.39 is 12.8 Å². The third-order valence-corrected chi connectivity index (χ3v) is 3.97. The van der Waals surface area contributed by atoms with Gasteiger partial charge in [-0.15, -0.1) is 11.3 Å². The second kappa shape index (κ2) is 8.70. The Labute approximate surface area is 148 Å². The minimum Gasteiger partial charge on any atom is -0.484 e. The zero-order valence-electron chi connectivity index (χ0n) is 13.9. The summed E-state index contributed by atoms with van der Waals surface area (Å²) in [5.41, 5.74) is 0.785. The smallest absolute Gasteiger partial charge is 0.422 e. The molecule has 0 saturated carbocycles. The van der Waals surface area contributed by atoms with Crippen molar-refractivity contribution in [2.45, 2.75) is 26.2 Å². The molecule has 0 saturated heterocycles. The average Bonchev–Trinajstić information content (AvgIpc) is 2.98. The van der Waals surface area contributed by atoms with E-state index in [1.165, 1.54) is 6.07 Å². The number of guanidine groups is 1. The molecule has 0 spiro atoms. The Balaban J connectivity index is 1.84. The number of nitrogens with one attached hydrogen (secondary N) is 2. The van der Waals surface area contributed by atoms with Crippen LogP contribution in [0, 0.1) is 6.92 Å². The number of thiazole rings is 1. The van der Waals surface area contributed by atoms with Crippen molar-refractivity contribution in [3.8, 4) is 5.75 Å². The molecule has 0 unspecified atom stereocenters. The highest BCUT2D eigenvalue weighted by atomic mass is 32.1. The fourth-order valence-corrected chi connectivity index (χ4v) is 2.69. The van der Waals surface area contributed by atoms with Crippen LogP contribution in [0.25, 0.3) is 0 Å². The Morgan fingerprint density at radius 2 is 2.04 bits per heavy atom. The lowest BCUT2D eigenvalue weighted by Crippen LogP contribution is -2.36. The third-order valence-electron chi connectivity index (χ3n) is 3.06. The summed E-state index contributed by atoms with van der Waals surface area (Å²) >= 11 is 1.60. The summed E-state index contributed by atoms with van der Waals surface area (Å²) in [5, 5.41) is 7.18. The number of hydrogen-bond donors (Lipinski definition) is 2. The quantitative estimate of drug-likeness (QED) is 0.604. The van der Waals surface area contributed by atoms with Crippen molar-refractivity contribution < 1.29 is 17.9 Å². The molecular weight excluding hydrogens is 353 g/mol. The van der Waals surface area contributed by atoms with Crippen LogP contribution in [0.5, 0.6) is 5.75 Å². The molecule has 0 radical (unpaired) electrons. The first-order valence-electron chi connectivity index (χ1n) is 7.50. The van der Waals surface area contributed by atoms with Crippen molar-refractivity contribution in [1.82, 2.24) is 15.6 Å². The van der Waals surface area contributed by atoms with Crippen LogP contribution in [0.3, 0.4) is 0 Å². The van der Waals surface area contributed by atoms with Crippen LogP contribution < -0.4 is 15.4 Å². The van der Waals surface area contributed by atoms with Crippen LogP contribution >= 0.6 is 11.3 Å². The highest BCUT2D eigenvalue weighted by molar-refractivity contribution is 7.11. The van der Waals surface area contributed by atoms with E-state index in [1.807, 2.05) is 13.1 Å². The number of hydrogen-bond acceptors (Lipinski definition) is 4. The predicted octanol–water partition coefficient (Wildman–Crippen LogP) is 3.26. The molecule has 5 nitrogen and oxygen atoms in total. The summed E-state index contributed by atoms with van der Waals surface area (Å²) in [6.07, 6.45) is -2.54. The van der Waals surface area contributed by atoms with Crippen molar-refractivity contribution in [3.05, 3.63) is 45.9 Å². The van der Waals surface area contributed by atoms with Gasteiger partial charge in [-0.1, -0.05) is 12.1 Å². The molecule has 0 fully saturated rings. The predicted molar refractivity (Wildman–Crippen MR) is 91.9 cm³/mol. The van der Waals surface area contributed by atoms with E-state index >= 15 is 0 Å². The van der Waals surface area contributed by atoms with Crippen LogP contribution in [0.4, 0.5) is 13.2 Å². The summed E-state index contributed by atoms with van der Waals surface area (Å²) in [7, 11) is 1.64. The maximum absolute atomic E-state index is 12.2. The SMILES string of the molecule is CN=C(NCc1cccc(OCC(F)(F)F)c1)NCc1ncc(C)s1. The Kier molecular flexibility index (Phi) is 6.63. The highest BCUT2D eigenvalue weighted by Gasteiger charge is 2.28. The Hall–Kier alpha value is -2.29. The van der Waals surface area contributed by atoms with Gasteiger partial charge in [0.1, 0.15) is 10.8 Å². The van der Waals surface area contributed by atoms with Crippen LogP contribution in [-0.2, 0) is 13.1 Å². The van der Waals surface area contributed by atoms with Gasteiger partial charge in [-0.2, -0.15) is 13.2 Å². The van der Waals surface area contributed by atoms with Gasteiger partial charge in [0.15, 0.2) is 12.6 Å². The lowest BCUT2D eigenvalue weighted by molar-refractivity contribution is -0.153. The summed E-state index contributed by atoms with van der Waals surface area (Å²) < 4.78 is 41.4. The van der Waals surface area contributed by atoms with E-state index in [-0.39, 0.29) is 5.75 Å². The first-order valence-corrected chi connectivity index (χ1v) is 8.31. The topological polar surface area (TPSA) is 58.5 Å². The number of rotatable bonds is 6. The maximum atomic E-state index is 12.2. The number of nitrogens with zero attached hydrogens (tertiary/aromatic N) is 2. The number of alkyl halides is 3. The first kappa shape index (κ1) is 19.0. The standard InChI is InChI=1S/C16H19F3N4OS/c1-11-7-21-14(25-11)9-23-15(20-2)22-8-12-4-3-5-13(6-12)24-10-16(17,18)19/h3-7H,8-10H2,1-2H3,(H2,20,22,23). The summed E-state index contributed by atoms with van der Waals surface area (Å²) in [4.78, 5) is 9.50. The molecule has 2 rings (SSSR count). The minimum absolute atomic E-state index is 0.179. The Bertz CT molecular complexity index is 715. The van der Waals surface area contributed by atoms with E-state index in [2.05, 4.69) is 20.6 Å². The molecular formula is C16H19F3N4OS. The normalized spacial score (nSPS) is 12.1. The lowest BCUT2D eigenvalue weighted by Gasteiger charge is -2.13. The fraction of sp³-hybridized carbons (Fsp3) is 0.375. The van der Waals surface area contributed by atoms with Crippen molar-refractivity contribution in [2.24, 2.45) is 4.99 Å². The molecule has 1 aromatic carbocycles. The molecule has 0 amide bonds. The molecule has 0 bridgehead atoms. The summed E-state index contributed by atoms with van der Waals surface area (Å²) in [5.74, 6) is 0.757. The van der Waals surface area contributed by atoms with Crippen molar-refractivity contribution in [2.75, 3.05) is 13.7 Å². The molecule has 2 N–H and O–H groups in total. The molecule has 1 heterocycles. The Morgan fingerprint density at radius 1 is 1.28 bits per heavy atom. The van der Waals surface area contributed by atoms with Crippen LogP contribution in [0.15, 0.2) is 35.5 Å². The van der Waals surface area contributed by atoms with Gasteiger partial charge in [-0.05, 0) is 24.6 Å². The molecule has 0 atom stereocenters. The van der Waals surface area contributed by atoms with Gasteiger partial charge in [-0.25, -0.2) is 4.98 Å². The van der Waals surface area contributed by atoms with Gasteiger partial charge in [0.25, 0.3) is 0 Å². The number of halogens is 3. The minimum atomic E-state index is -4.35. The maximum Gasteiger partial charge on any atom is 0.422 e. The van der Waals surface area contributed by atoms with Gasteiger partial charge in [0.05, 0.1) is 6.54 Å². The number of aliphatic imine (C=N–C) groups is 1. The fourth-order valence-electron chi connectivity index (χ4n) is 1.96. The summed E-state index contributed by atoms with van der Waals surface area (Å²) in [6.45, 7) is 1.63. The first-order chi connectivity index (χ1) is 11.9. The highest BCUT2D eigenvalue weighted by Crippen LogP contribution is 2.19. The second-order valence-corrected chi connectivity index (χ2v) is 6.51. The average molecular weight is 372 g/mol.